The molecular weight excluding hydrogens is 292 g/mol. The van der Waals surface area contributed by atoms with E-state index < -0.39 is 5.54 Å². The molecule has 1 aromatic carbocycles. The minimum absolute atomic E-state index is 0.229. The van der Waals surface area contributed by atoms with E-state index in [4.69, 9.17) is 4.74 Å². The topological polar surface area (TPSA) is 79.7 Å². The molecule has 120 valence electrons. The van der Waals surface area contributed by atoms with Crippen molar-refractivity contribution >= 4 is 5.90 Å². The van der Waals surface area contributed by atoms with Gasteiger partial charge in [0, 0.05) is 5.56 Å². The summed E-state index contributed by atoms with van der Waals surface area (Å²) in [6, 6.07) is 5.76. The Labute approximate surface area is 135 Å². The van der Waals surface area contributed by atoms with Crippen molar-refractivity contribution in [1.29, 1.82) is 0 Å². The first kappa shape index (κ1) is 15.4. The van der Waals surface area contributed by atoms with Gasteiger partial charge in [0.05, 0.1) is 23.8 Å². The highest BCUT2D eigenvalue weighted by Crippen LogP contribution is 2.35. The van der Waals surface area contributed by atoms with Gasteiger partial charge in [-0.1, -0.05) is 17.3 Å². The number of aromatic amines is 1. The lowest BCUT2D eigenvalue weighted by molar-refractivity contribution is 0.279. The van der Waals surface area contributed by atoms with Crippen LogP contribution in [0.1, 0.15) is 43.2 Å². The van der Waals surface area contributed by atoms with Gasteiger partial charge in [-0.05, 0) is 44.9 Å². The normalized spacial score (nSPS) is 18.9. The van der Waals surface area contributed by atoms with Crippen molar-refractivity contribution in [2.24, 2.45) is 10.2 Å². The van der Waals surface area contributed by atoms with Crippen LogP contribution in [0.15, 0.2) is 40.9 Å². The Morgan fingerprint density at radius 3 is 2.74 bits per heavy atom. The Morgan fingerprint density at radius 2 is 2.17 bits per heavy atom. The van der Waals surface area contributed by atoms with Crippen molar-refractivity contribution in [3.05, 3.63) is 58.0 Å². The van der Waals surface area contributed by atoms with E-state index in [0.29, 0.717) is 18.2 Å². The van der Waals surface area contributed by atoms with Crippen LogP contribution < -0.4 is 0 Å². The number of rotatable bonds is 4. The van der Waals surface area contributed by atoms with Crippen LogP contribution in [0, 0.1) is 11.8 Å². The lowest BCUT2D eigenvalue weighted by atomic mass is 9.85. The number of nitrogens with one attached hydrogen (secondary N) is 1. The lowest BCUT2D eigenvalue weighted by Crippen LogP contribution is -2.23. The van der Waals surface area contributed by atoms with Crippen molar-refractivity contribution < 1.29 is 4.74 Å². The molecule has 3 rings (SSSR count). The van der Waals surface area contributed by atoms with Crippen LogP contribution in [0.4, 0.5) is 0 Å². The standard InChI is InChI=1S/C17H20N4O2/c1-11-12(15-20-16(2,3)9-23-15)6-5-7-13(11)17(4,21-22)14-8-18-10-19-14/h5-8,10H,9H2,1-4H3,(H,18,19). The zero-order valence-electron chi connectivity index (χ0n) is 13.8. The second-order valence-electron chi connectivity index (χ2n) is 6.62. The first-order valence-electron chi connectivity index (χ1n) is 7.54. The van der Waals surface area contributed by atoms with Crippen LogP contribution in [-0.4, -0.2) is 28.0 Å². The van der Waals surface area contributed by atoms with Crippen molar-refractivity contribution in [1.82, 2.24) is 9.97 Å². The molecule has 0 bridgehead atoms. The number of aromatic nitrogens is 2. The lowest BCUT2D eigenvalue weighted by Gasteiger charge is -2.23. The van der Waals surface area contributed by atoms with Crippen molar-refractivity contribution in [3.63, 3.8) is 0 Å². The Bertz CT molecular complexity index is 765. The van der Waals surface area contributed by atoms with Crippen LogP contribution in [-0.2, 0) is 10.3 Å². The number of H-pyrrole nitrogens is 1. The number of hydrogen-bond donors (Lipinski definition) is 1. The first-order chi connectivity index (χ1) is 10.9. The summed E-state index contributed by atoms with van der Waals surface area (Å²) in [6.07, 6.45) is 3.17. The summed E-state index contributed by atoms with van der Waals surface area (Å²) in [4.78, 5) is 23.3. The minimum Gasteiger partial charge on any atom is -0.475 e. The average Bonchev–Trinajstić information content (AvgIpc) is 3.16. The average molecular weight is 312 g/mol. The van der Waals surface area contributed by atoms with E-state index in [1.807, 2.05) is 39.0 Å². The smallest absolute Gasteiger partial charge is 0.217 e. The molecule has 6 heteroatoms. The maximum absolute atomic E-state index is 11.7. The number of nitrogens with zero attached hydrogens (tertiary/aromatic N) is 3. The largest absolute Gasteiger partial charge is 0.475 e. The summed E-state index contributed by atoms with van der Waals surface area (Å²) < 4.78 is 5.75. The summed E-state index contributed by atoms with van der Waals surface area (Å²) in [5.74, 6) is 0.618. The van der Waals surface area contributed by atoms with E-state index >= 15 is 0 Å². The summed E-state index contributed by atoms with van der Waals surface area (Å²) >= 11 is 0. The highest BCUT2D eigenvalue weighted by molar-refractivity contribution is 5.97. The molecule has 23 heavy (non-hydrogen) atoms. The molecule has 1 aliphatic rings. The van der Waals surface area contributed by atoms with Gasteiger partial charge < -0.3 is 9.72 Å². The maximum Gasteiger partial charge on any atom is 0.217 e. The second-order valence-corrected chi connectivity index (χ2v) is 6.62. The Kier molecular flexibility index (Phi) is 3.55. The zero-order chi connectivity index (χ0) is 16.7. The quantitative estimate of drug-likeness (QED) is 0.880. The van der Waals surface area contributed by atoms with Crippen LogP contribution in [0.5, 0.6) is 0 Å². The predicted molar refractivity (Wildman–Crippen MR) is 88.6 cm³/mol. The Balaban J connectivity index is 2.12. The van der Waals surface area contributed by atoms with E-state index in [2.05, 4.69) is 20.1 Å². The molecule has 1 aromatic heterocycles. The van der Waals surface area contributed by atoms with Crippen LogP contribution in [0.25, 0.3) is 0 Å². The van der Waals surface area contributed by atoms with Gasteiger partial charge >= 0.3 is 0 Å². The van der Waals surface area contributed by atoms with Crippen LogP contribution in [0.2, 0.25) is 0 Å². The highest BCUT2D eigenvalue weighted by Gasteiger charge is 2.35. The fraction of sp³-hybridized carbons (Fsp3) is 0.412. The van der Waals surface area contributed by atoms with E-state index in [1.165, 1.54) is 0 Å². The highest BCUT2D eigenvalue weighted by atomic mass is 16.5. The zero-order valence-corrected chi connectivity index (χ0v) is 13.8. The van der Waals surface area contributed by atoms with Gasteiger partial charge in [0.2, 0.25) is 5.90 Å². The minimum atomic E-state index is -1.04. The molecule has 0 aliphatic carbocycles. The third-order valence-electron chi connectivity index (χ3n) is 4.26. The van der Waals surface area contributed by atoms with Gasteiger partial charge in [-0.25, -0.2) is 9.98 Å². The maximum atomic E-state index is 11.7. The second kappa shape index (κ2) is 5.30. The SMILES string of the molecule is Cc1c(C2=NC(C)(C)CO2)cccc1C(C)(N=O)c1cnc[nH]1. The molecule has 2 aromatic rings. The molecule has 0 amide bonds. The molecule has 0 radical (unpaired) electrons. The van der Waals surface area contributed by atoms with Crippen LogP contribution >= 0.6 is 0 Å². The molecule has 2 heterocycles. The third kappa shape index (κ3) is 2.54. The first-order valence-corrected chi connectivity index (χ1v) is 7.54. The molecule has 1 unspecified atom stereocenters. The Hall–Kier alpha value is -2.50. The summed E-state index contributed by atoms with van der Waals surface area (Å²) in [5, 5.41) is 3.39. The fourth-order valence-corrected chi connectivity index (χ4v) is 2.88. The van der Waals surface area contributed by atoms with Gasteiger partial charge in [-0.15, -0.1) is 4.91 Å². The van der Waals surface area contributed by atoms with E-state index in [1.54, 1.807) is 19.4 Å². The summed E-state index contributed by atoms with van der Waals surface area (Å²) in [6.45, 7) is 8.35. The number of ether oxygens (including phenoxy) is 1. The third-order valence-corrected chi connectivity index (χ3v) is 4.26. The molecule has 1 N–H and O–H groups in total. The van der Waals surface area contributed by atoms with E-state index in [9.17, 15) is 4.91 Å². The predicted octanol–water partition coefficient (Wildman–Crippen LogP) is 3.30. The Morgan fingerprint density at radius 1 is 1.39 bits per heavy atom. The number of benzene rings is 1. The molecule has 0 fully saturated rings. The summed E-state index contributed by atoms with van der Waals surface area (Å²) in [7, 11) is 0. The van der Waals surface area contributed by atoms with Crippen molar-refractivity contribution in [2.45, 2.75) is 38.8 Å². The molecule has 1 aliphatic heterocycles. The molecule has 0 saturated carbocycles. The van der Waals surface area contributed by atoms with Gasteiger partial charge in [0.15, 0.2) is 5.54 Å². The van der Waals surface area contributed by atoms with Crippen molar-refractivity contribution in [2.75, 3.05) is 6.61 Å². The summed E-state index contributed by atoms with van der Waals surface area (Å²) in [5.41, 5.74) is 2.02. The monoisotopic (exact) mass is 312 g/mol. The molecule has 1 atom stereocenters. The van der Waals surface area contributed by atoms with Crippen molar-refractivity contribution in [3.8, 4) is 0 Å². The molecule has 0 saturated heterocycles. The molecule has 6 nitrogen and oxygen atoms in total. The van der Waals surface area contributed by atoms with Crippen LogP contribution in [0.3, 0.4) is 0 Å². The van der Waals surface area contributed by atoms with E-state index in [0.717, 1.165) is 16.7 Å². The number of nitroso groups, excluding NO2 is 1. The number of aliphatic imine (C=N–C) groups is 1. The fourth-order valence-electron chi connectivity index (χ4n) is 2.88. The number of imidazole rings is 1. The van der Waals surface area contributed by atoms with Gasteiger partial charge in [0.25, 0.3) is 0 Å². The molecular formula is C17H20N4O2. The van der Waals surface area contributed by atoms with Gasteiger partial charge in [-0.3, -0.25) is 0 Å². The molecule has 0 spiro atoms. The van der Waals surface area contributed by atoms with Gasteiger partial charge in [-0.2, -0.15) is 0 Å². The van der Waals surface area contributed by atoms with E-state index in [-0.39, 0.29) is 5.54 Å². The van der Waals surface area contributed by atoms with Gasteiger partial charge in [0.1, 0.15) is 6.61 Å². The number of hydrogen-bond acceptors (Lipinski definition) is 5.